The van der Waals surface area contributed by atoms with Gasteiger partial charge in [0.2, 0.25) is 0 Å². The number of rotatable bonds is 10. The smallest absolute Gasteiger partial charge is 0.144 e. The molecule has 0 saturated heterocycles. The molecule has 0 aromatic rings. The molecule has 0 amide bonds. The van der Waals surface area contributed by atoms with E-state index in [4.69, 9.17) is 0 Å². The maximum absolute atomic E-state index is 12.1. The van der Waals surface area contributed by atoms with Crippen LogP contribution in [0.2, 0.25) is 0 Å². The average molecular weight is 264 g/mol. The Morgan fingerprint density at radius 1 is 1.11 bits per heavy atom. The number of hydrogen-bond acceptors (Lipinski definition) is 2. The Labute approximate surface area is 118 Å². The van der Waals surface area contributed by atoms with Crippen molar-refractivity contribution >= 4 is 11.6 Å². The van der Waals surface area contributed by atoms with Crippen molar-refractivity contribution in [1.82, 2.24) is 0 Å². The monoisotopic (exact) mass is 264 g/mol. The Balaban J connectivity index is 5.35. The molecule has 0 aliphatic rings. The Hall–Kier alpha value is -1.18. The Morgan fingerprint density at radius 2 is 1.68 bits per heavy atom. The summed E-state index contributed by atoms with van der Waals surface area (Å²) in [7, 11) is 0. The third-order valence-corrected chi connectivity index (χ3v) is 3.84. The zero-order chi connectivity index (χ0) is 14.9. The molecule has 0 N–H and O–H groups in total. The minimum atomic E-state index is -0.915. The number of unbranched alkanes of at least 4 members (excludes halogenated alkanes) is 1. The lowest BCUT2D eigenvalue weighted by molar-refractivity contribution is -0.141. The highest BCUT2D eigenvalue weighted by molar-refractivity contribution is 6.05. The first-order valence-electron chi connectivity index (χ1n) is 7.26. The van der Waals surface area contributed by atoms with Crippen LogP contribution in [0.4, 0.5) is 0 Å². The van der Waals surface area contributed by atoms with Crippen LogP contribution in [-0.2, 0) is 9.59 Å². The van der Waals surface area contributed by atoms with Crippen LogP contribution < -0.4 is 0 Å². The van der Waals surface area contributed by atoms with E-state index in [0.717, 1.165) is 25.7 Å². The molecule has 2 nitrogen and oxygen atoms in total. The normalized spacial score (nSPS) is 13.5. The van der Waals surface area contributed by atoms with Crippen LogP contribution in [0.25, 0.3) is 0 Å². The van der Waals surface area contributed by atoms with Gasteiger partial charge >= 0.3 is 0 Å². The van der Waals surface area contributed by atoms with E-state index >= 15 is 0 Å². The standard InChI is InChI=1S/C17H28O2/c1-6-9-10-11-13-17(14(4)18,15(5)19)16(8-3)12-7-2/h8,10-11,16H,3,6-7,9,12-13H2,1-2,4-5H3/b11-10+. The Morgan fingerprint density at radius 3 is 2.05 bits per heavy atom. The van der Waals surface area contributed by atoms with Gasteiger partial charge in [0.25, 0.3) is 0 Å². The van der Waals surface area contributed by atoms with Crippen molar-refractivity contribution in [3.8, 4) is 0 Å². The maximum atomic E-state index is 12.1. The third-order valence-electron chi connectivity index (χ3n) is 3.84. The highest BCUT2D eigenvalue weighted by Crippen LogP contribution is 2.38. The van der Waals surface area contributed by atoms with Gasteiger partial charge in [-0.15, -0.1) is 6.58 Å². The highest BCUT2D eigenvalue weighted by atomic mass is 16.2. The quantitative estimate of drug-likeness (QED) is 0.430. The molecule has 1 unspecified atom stereocenters. The third kappa shape index (κ3) is 4.45. The van der Waals surface area contributed by atoms with Crippen LogP contribution >= 0.6 is 0 Å². The largest absolute Gasteiger partial charge is 0.299 e. The van der Waals surface area contributed by atoms with Crippen LogP contribution in [0.3, 0.4) is 0 Å². The molecule has 0 aliphatic carbocycles. The minimum Gasteiger partial charge on any atom is -0.299 e. The first-order valence-corrected chi connectivity index (χ1v) is 7.26. The van der Waals surface area contributed by atoms with Crippen molar-refractivity contribution in [3.63, 3.8) is 0 Å². The van der Waals surface area contributed by atoms with Gasteiger partial charge < -0.3 is 0 Å². The van der Waals surface area contributed by atoms with E-state index in [2.05, 4.69) is 26.5 Å². The van der Waals surface area contributed by atoms with Gasteiger partial charge in [-0.05, 0) is 39.0 Å². The summed E-state index contributed by atoms with van der Waals surface area (Å²) in [5, 5.41) is 0. The zero-order valence-corrected chi connectivity index (χ0v) is 12.9. The summed E-state index contributed by atoms with van der Waals surface area (Å²) in [5.41, 5.74) is -0.915. The molecule has 0 saturated carbocycles. The van der Waals surface area contributed by atoms with Gasteiger partial charge in [-0.25, -0.2) is 0 Å². The highest BCUT2D eigenvalue weighted by Gasteiger charge is 2.44. The van der Waals surface area contributed by atoms with Crippen LogP contribution in [0.1, 0.15) is 59.8 Å². The predicted octanol–water partition coefficient (Wildman–Crippen LogP) is 4.50. The van der Waals surface area contributed by atoms with E-state index < -0.39 is 5.41 Å². The van der Waals surface area contributed by atoms with Crippen LogP contribution in [0, 0.1) is 11.3 Å². The Kier molecular flexibility index (Phi) is 8.29. The van der Waals surface area contributed by atoms with E-state index in [9.17, 15) is 9.59 Å². The van der Waals surface area contributed by atoms with Gasteiger partial charge in [0, 0.05) is 0 Å². The molecule has 0 aromatic carbocycles. The summed E-state index contributed by atoms with van der Waals surface area (Å²) in [4.78, 5) is 24.3. The van der Waals surface area contributed by atoms with Crippen molar-refractivity contribution < 1.29 is 9.59 Å². The number of carbonyl (C=O) groups excluding carboxylic acids is 2. The van der Waals surface area contributed by atoms with Gasteiger partial charge in [-0.1, -0.05) is 44.9 Å². The minimum absolute atomic E-state index is 0.0421. The summed E-state index contributed by atoms with van der Waals surface area (Å²) in [6, 6.07) is 0. The first-order chi connectivity index (χ1) is 8.97. The number of hydrogen-bond donors (Lipinski definition) is 0. The molecule has 0 radical (unpaired) electrons. The SMILES string of the molecule is C=CC(CCC)C(C/C=C/CCC)(C(C)=O)C(C)=O. The van der Waals surface area contributed by atoms with Crippen molar-refractivity contribution in [1.29, 1.82) is 0 Å². The molecule has 1 atom stereocenters. The molecule has 19 heavy (non-hydrogen) atoms. The van der Waals surface area contributed by atoms with Gasteiger partial charge in [-0.3, -0.25) is 9.59 Å². The lowest BCUT2D eigenvalue weighted by Crippen LogP contribution is -2.42. The summed E-state index contributed by atoms with van der Waals surface area (Å²) in [6.45, 7) is 11.1. The first kappa shape index (κ1) is 17.8. The molecule has 0 heterocycles. The van der Waals surface area contributed by atoms with Gasteiger partial charge in [-0.2, -0.15) is 0 Å². The summed E-state index contributed by atoms with van der Waals surface area (Å²) in [6.07, 6.45) is 10.1. The topological polar surface area (TPSA) is 34.1 Å². The van der Waals surface area contributed by atoms with E-state index in [1.165, 1.54) is 13.8 Å². The number of Topliss-reactive ketones (excluding diaryl/α,β-unsaturated/α-hetero) is 2. The van der Waals surface area contributed by atoms with Crippen molar-refractivity contribution in [2.24, 2.45) is 11.3 Å². The number of allylic oxidation sites excluding steroid dienone is 3. The summed E-state index contributed by atoms with van der Waals surface area (Å²) >= 11 is 0. The van der Waals surface area contributed by atoms with Gasteiger partial charge in [0.15, 0.2) is 0 Å². The molecule has 0 aliphatic heterocycles. The fourth-order valence-corrected chi connectivity index (χ4v) is 2.64. The second-order valence-electron chi connectivity index (χ2n) is 5.18. The molecule has 0 spiro atoms. The molecule has 108 valence electrons. The molecule has 2 heteroatoms. The molecule has 0 aromatic heterocycles. The van der Waals surface area contributed by atoms with Crippen molar-refractivity contribution in [3.05, 3.63) is 24.8 Å². The van der Waals surface area contributed by atoms with Crippen molar-refractivity contribution in [2.45, 2.75) is 59.8 Å². The van der Waals surface area contributed by atoms with Crippen molar-refractivity contribution in [2.75, 3.05) is 0 Å². The lowest BCUT2D eigenvalue weighted by atomic mass is 9.66. The predicted molar refractivity (Wildman–Crippen MR) is 81.1 cm³/mol. The maximum Gasteiger partial charge on any atom is 0.144 e. The number of ketones is 2. The summed E-state index contributed by atoms with van der Waals surface area (Å²) in [5.74, 6) is -0.155. The second kappa shape index (κ2) is 8.84. The van der Waals surface area contributed by atoms with E-state index in [-0.39, 0.29) is 17.5 Å². The fraction of sp³-hybridized carbons (Fsp3) is 0.647. The van der Waals surface area contributed by atoms with Gasteiger partial charge in [0.1, 0.15) is 11.6 Å². The van der Waals surface area contributed by atoms with E-state index in [1.807, 2.05) is 6.08 Å². The Bertz CT molecular complexity index is 325. The molecule has 0 bridgehead atoms. The van der Waals surface area contributed by atoms with Crippen LogP contribution in [-0.4, -0.2) is 11.6 Å². The van der Waals surface area contributed by atoms with Crippen LogP contribution in [0.15, 0.2) is 24.8 Å². The molecule has 0 fully saturated rings. The fourth-order valence-electron chi connectivity index (χ4n) is 2.64. The van der Waals surface area contributed by atoms with E-state index in [0.29, 0.717) is 6.42 Å². The summed E-state index contributed by atoms with van der Waals surface area (Å²) < 4.78 is 0. The van der Waals surface area contributed by atoms with Crippen LogP contribution in [0.5, 0.6) is 0 Å². The zero-order valence-electron chi connectivity index (χ0n) is 12.9. The van der Waals surface area contributed by atoms with E-state index in [1.54, 1.807) is 6.08 Å². The average Bonchev–Trinajstić information content (AvgIpc) is 2.36. The molecular weight excluding hydrogens is 236 g/mol. The number of carbonyl (C=O) groups is 2. The second-order valence-corrected chi connectivity index (χ2v) is 5.18. The molecule has 0 rings (SSSR count). The lowest BCUT2D eigenvalue weighted by Gasteiger charge is -2.34. The van der Waals surface area contributed by atoms with Gasteiger partial charge in [0.05, 0.1) is 5.41 Å². The molecular formula is C17H28O2.